The molecular formula is C14H22ClNO. The van der Waals surface area contributed by atoms with E-state index in [9.17, 15) is 0 Å². The molecule has 3 heteroatoms. The third kappa shape index (κ3) is 4.50. The van der Waals surface area contributed by atoms with Crippen molar-refractivity contribution in [3.63, 3.8) is 0 Å². The van der Waals surface area contributed by atoms with Crippen molar-refractivity contribution in [2.45, 2.75) is 19.4 Å². The molecule has 0 saturated heterocycles. The van der Waals surface area contributed by atoms with Gasteiger partial charge in [-0.25, -0.2) is 4.84 Å². The Morgan fingerprint density at radius 3 is 2.35 bits per heavy atom. The van der Waals surface area contributed by atoms with Gasteiger partial charge < -0.3 is 12.4 Å². The number of nitrogens with zero attached hydrogens (tertiary/aromatic N) is 1. The van der Waals surface area contributed by atoms with Gasteiger partial charge in [0.25, 0.3) is 0 Å². The lowest BCUT2D eigenvalue weighted by Gasteiger charge is -2.34. The number of quaternary nitrogens is 1. The van der Waals surface area contributed by atoms with Crippen LogP contribution in [0, 0.1) is 0 Å². The van der Waals surface area contributed by atoms with E-state index in [1.165, 1.54) is 5.56 Å². The van der Waals surface area contributed by atoms with Gasteiger partial charge in [-0.05, 0) is 6.92 Å². The molecule has 0 N–H and O–H groups in total. The third-order valence-corrected chi connectivity index (χ3v) is 2.79. The monoisotopic (exact) mass is 255 g/mol. The third-order valence-electron chi connectivity index (χ3n) is 2.79. The van der Waals surface area contributed by atoms with E-state index in [1.807, 2.05) is 19.1 Å². The van der Waals surface area contributed by atoms with E-state index in [4.69, 9.17) is 4.84 Å². The number of halogens is 1. The maximum absolute atomic E-state index is 5.79. The van der Waals surface area contributed by atoms with Crippen LogP contribution in [0.15, 0.2) is 43.0 Å². The molecule has 1 aromatic rings. The molecule has 0 radical (unpaired) electrons. The molecule has 17 heavy (non-hydrogen) atoms. The normalized spacial score (nSPS) is 12.6. The molecule has 0 aromatic heterocycles. The maximum Gasteiger partial charge on any atom is 0.147 e. The van der Waals surface area contributed by atoms with Crippen molar-refractivity contribution in [1.82, 2.24) is 0 Å². The Hall–Kier alpha value is -0.830. The molecule has 0 aliphatic heterocycles. The van der Waals surface area contributed by atoms with Crippen LogP contribution in [0.2, 0.25) is 0 Å². The fraction of sp³-hybridized carbons (Fsp3) is 0.429. The summed E-state index contributed by atoms with van der Waals surface area (Å²) in [7, 11) is 4.18. The van der Waals surface area contributed by atoms with Crippen LogP contribution >= 0.6 is 0 Å². The zero-order valence-corrected chi connectivity index (χ0v) is 11.7. The highest BCUT2D eigenvalue weighted by Crippen LogP contribution is 2.28. The first-order chi connectivity index (χ1) is 7.61. The van der Waals surface area contributed by atoms with Crippen molar-refractivity contribution in [2.75, 3.05) is 20.7 Å². The number of hydrogen-bond donors (Lipinski definition) is 0. The van der Waals surface area contributed by atoms with Gasteiger partial charge >= 0.3 is 0 Å². The van der Waals surface area contributed by atoms with E-state index in [1.54, 1.807) is 0 Å². The molecule has 1 unspecified atom stereocenters. The van der Waals surface area contributed by atoms with Crippen LogP contribution in [0.1, 0.15) is 24.9 Å². The molecule has 1 aromatic carbocycles. The predicted octanol–water partition coefficient (Wildman–Crippen LogP) is 0.336. The number of rotatable bonds is 6. The standard InChI is InChI=1S/C14H22NO.ClH/c1-5-10-14(15(3,4)16-6-2)13-11-8-7-9-12-13;/h5,7-9,11-12,14H,1,6,10H2,2-4H3;1H/q+1;/p-1. The van der Waals surface area contributed by atoms with E-state index in [-0.39, 0.29) is 12.4 Å². The van der Waals surface area contributed by atoms with Crippen molar-refractivity contribution in [3.05, 3.63) is 48.6 Å². The lowest BCUT2D eigenvalue weighted by molar-refractivity contribution is -1.10. The summed E-state index contributed by atoms with van der Waals surface area (Å²) < 4.78 is 0.534. The van der Waals surface area contributed by atoms with Crippen molar-refractivity contribution in [1.29, 1.82) is 0 Å². The van der Waals surface area contributed by atoms with Crippen LogP contribution in [0.5, 0.6) is 0 Å². The van der Waals surface area contributed by atoms with Gasteiger partial charge in [0, 0.05) is 12.0 Å². The second-order valence-corrected chi connectivity index (χ2v) is 4.30. The summed E-state index contributed by atoms with van der Waals surface area (Å²) in [5.74, 6) is 0. The van der Waals surface area contributed by atoms with Crippen LogP contribution in [-0.4, -0.2) is 25.3 Å². The lowest BCUT2D eigenvalue weighted by atomic mass is 10.0. The molecule has 2 nitrogen and oxygen atoms in total. The summed E-state index contributed by atoms with van der Waals surface area (Å²) in [6, 6.07) is 10.8. The van der Waals surface area contributed by atoms with Crippen molar-refractivity contribution >= 4 is 0 Å². The topological polar surface area (TPSA) is 9.23 Å². The van der Waals surface area contributed by atoms with E-state index >= 15 is 0 Å². The van der Waals surface area contributed by atoms with Gasteiger partial charge in [0.05, 0.1) is 14.1 Å². The molecular weight excluding hydrogens is 234 g/mol. The van der Waals surface area contributed by atoms with Gasteiger partial charge in [-0.3, -0.25) is 0 Å². The fourth-order valence-electron chi connectivity index (χ4n) is 2.00. The van der Waals surface area contributed by atoms with Gasteiger partial charge in [-0.15, -0.1) is 6.58 Å². The van der Waals surface area contributed by atoms with Gasteiger partial charge in [0.2, 0.25) is 0 Å². The predicted molar refractivity (Wildman–Crippen MR) is 67.7 cm³/mol. The molecule has 1 rings (SSSR count). The highest BCUT2D eigenvalue weighted by molar-refractivity contribution is 5.18. The SMILES string of the molecule is C=CCC(c1ccccc1)[N+](C)(C)OCC.[Cl-]. The number of hydroxylamine groups is 3. The van der Waals surface area contributed by atoms with Gasteiger partial charge in [-0.2, -0.15) is 4.65 Å². The molecule has 1 atom stereocenters. The molecule has 0 spiro atoms. The lowest BCUT2D eigenvalue weighted by Crippen LogP contribution is -3.00. The Labute approximate surface area is 111 Å². The number of hydrogen-bond acceptors (Lipinski definition) is 1. The smallest absolute Gasteiger partial charge is 0.147 e. The summed E-state index contributed by atoms with van der Waals surface area (Å²) in [6.07, 6.45) is 2.87. The highest BCUT2D eigenvalue weighted by Gasteiger charge is 2.30. The molecule has 0 fully saturated rings. The summed E-state index contributed by atoms with van der Waals surface area (Å²) >= 11 is 0. The molecule has 0 amide bonds. The summed E-state index contributed by atoms with van der Waals surface area (Å²) in [5, 5.41) is 0. The van der Waals surface area contributed by atoms with Gasteiger partial charge in [0.15, 0.2) is 0 Å². The summed E-state index contributed by atoms with van der Waals surface area (Å²) in [4.78, 5) is 5.79. The van der Waals surface area contributed by atoms with E-state index < -0.39 is 0 Å². The first-order valence-corrected chi connectivity index (χ1v) is 5.76. The Morgan fingerprint density at radius 1 is 1.29 bits per heavy atom. The Balaban J connectivity index is 0.00000256. The molecule has 0 bridgehead atoms. The minimum Gasteiger partial charge on any atom is -1.00 e. The second-order valence-electron chi connectivity index (χ2n) is 4.30. The zero-order chi connectivity index (χ0) is 12.0. The first kappa shape index (κ1) is 16.2. The fourth-order valence-corrected chi connectivity index (χ4v) is 2.00. The summed E-state index contributed by atoms with van der Waals surface area (Å²) in [5.41, 5.74) is 1.29. The van der Waals surface area contributed by atoms with Gasteiger partial charge in [0.1, 0.15) is 12.6 Å². The number of benzene rings is 1. The average molecular weight is 256 g/mol. The molecule has 0 aliphatic rings. The average Bonchev–Trinajstić information content (AvgIpc) is 2.27. The minimum atomic E-state index is 0. The molecule has 96 valence electrons. The molecule has 0 aliphatic carbocycles. The Morgan fingerprint density at radius 2 is 1.88 bits per heavy atom. The van der Waals surface area contributed by atoms with Crippen LogP contribution in [-0.2, 0) is 4.84 Å². The zero-order valence-electron chi connectivity index (χ0n) is 10.9. The first-order valence-electron chi connectivity index (χ1n) is 5.76. The molecule has 0 heterocycles. The largest absolute Gasteiger partial charge is 1.00 e. The minimum absolute atomic E-state index is 0. The van der Waals surface area contributed by atoms with Crippen LogP contribution < -0.4 is 12.4 Å². The van der Waals surface area contributed by atoms with E-state index in [0.29, 0.717) is 17.3 Å². The van der Waals surface area contributed by atoms with E-state index in [0.717, 1.165) is 6.42 Å². The van der Waals surface area contributed by atoms with Crippen molar-refractivity contribution in [2.24, 2.45) is 0 Å². The van der Waals surface area contributed by atoms with Crippen LogP contribution in [0.3, 0.4) is 0 Å². The van der Waals surface area contributed by atoms with Crippen molar-refractivity contribution in [3.8, 4) is 0 Å². The Bertz CT molecular complexity index is 324. The van der Waals surface area contributed by atoms with Crippen molar-refractivity contribution < 1.29 is 21.9 Å². The quantitative estimate of drug-likeness (QED) is 0.405. The van der Waals surface area contributed by atoms with E-state index in [2.05, 4.69) is 44.9 Å². The van der Waals surface area contributed by atoms with Crippen LogP contribution in [0.4, 0.5) is 0 Å². The van der Waals surface area contributed by atoms with Gasteiger partial charge in [-0.1, -0.05) is 36.4 Å². The maximum atomic E-state index is 5.79. The molecule has 0 saturated carbocycles. The second kappa shape index (κ2) is 7.49. The summed E-state index contributed by atoms with van der Waals surface area (Å²) in [6.45, 7) is 6.57. The Kier molecular flexibility index (Phi) is 7.12. The highest BCUT2D eigenvalue weighted by atomic mass is 35.5. The van der Waals surface area contributed by atoms with Crippen LogP contribution in [0.25, 0.3) is 0 Å².